The van der Waals surface area contributed by atoms with Crippen LogP contribution in [-0.2, 0) is 14.3 Å². The zero-order valence-corrected chi connectivity index (χ0v) is 17.0. The molecule has 0 radical (unpaired) electrons. The number of phenolic OH excluding ortho intramolecular Hbond substituents is 1. The first-order chi connectivity index (χ1) is 14.5. The predicted octanol–water partition coefficient (Wildman–Crippen LogP) is 3.25. The predicted molar refractivity (Wildman–Crippen MR) is 111 cm³/mol. The Balaban J connectivity index is 2.14. The summed E-state index contributed by atoms with van der Waals surface area (Å²) >= 11 is 0. The van der Waals surface area contributed by atoms with Crippen LogP contribution in [0, 0.1) is 0 Å². The summed E-state index contributed by atoms with van der Waals surface area (Å²) in [5.74, 6) is -1.46. The number of aromatic hydroxyl groups is 1. The lowest BCUT2D eigenvalue weighted by Gasteiger charge is -2.25. The normalized spacial score (nSPS) is 18.1. The van der Waals surface area contributed by atoms with Crippen molar-refractivity contribution in [1.29, 1.82) is 0 Å². The topological polar surface area (TPSA) is 96.3 Å². The first-order valence-corrected chi connectivity index (χ1v) is 9.78. The molecule has 1 amide bonds. The minimum absolute atomic E-state index is 0.0109. The highest BCUT2D eigenvalue weighted by Gasteiger charge is 2.46. The number of ketones is 1. The van der Waals surface area contributed by atoms with Gasteiger partial charge in [-0.1, -0.05) is 36.4 Å². The molecule has 0 saturated carbocycles. The number of likely N-dealkylation sites (tertiary alicyclic amines) is 1. The first-order valence-electron chi connectivity index (χ1n) is 9.78. The number of carbonyl (C=O) groups excluding carboxylic acids is 2. The van der Waals surface area contributed by atoms with E-state index in [0.717, 1.165) is 0 Å². The Morgan fingerprint density at radius 2 is 1.87 bits per heavy atom. The third-order valence-electron chi connectivity index (χ3n) is 4.93. The number of carbonyl (C=O) groups is 2. The van der Waals surface area contributed by atoms with E-state index in [9.17, 15) is 19.8 Å². The van der Waals surface area contributed by atoms with Gasteiger partial charge in [-0.2, -0.15) is 0 Å². The van der Waals surface area contributed by atoms with Crippen molar-refractivity contribution in [3.05, 3.63) is 65.2 Å². The van der Waals surface area contributed by atoms with Crippen molar-refractivity contribution in [2.75, 3.05) is 26.9 Å². The van der Waals surface area contributed by atoms with Crippen molar-refractivity contribution < 1.29 is 29.3 Å². The summed E-state index contributed by atoms with van der Waals surface area (Å²) in [6, 6.07) is 12.5. The SMILES string of the molecule is CCOc1cc([C@H]2/C(=C(\O)c3ccccc3)C(=O)C(=O)N2CCCOC)ccc1O. The number of benzene rings is 2. The van der Waals surface area contributed by atoms with Gasteiger partial charge in [0.05, 0.1) is 18.2 Å². The molecule has 7 nitrogen and oxygen atoms in total. The number of hydrogen-bond donors (Lipinski definition) is 2. The van der Waals surface area contributed by atoms with E-state index < -0.39 is 17.7 Å². The van der Waals surface area contributed by atoms with Gasteiger partial charge in [0.2, 0.25) is 0 Å². The van der Waals surface area contributed by atoms with E-state index in [1.807, 2.05) is 0 Å². The zero-order valence-electron chi connectivity index (χ0n) is 17.0. The van der Waals surface area contributed by atoms with Crippen molar-refractivity contribution in [1.82, 2.24) is 4.90 Å². The maximum absolute atomic E-state index is 12.9. The molecule has 158 valence electrons. The highest BCUT2D eigenvalue weighted by atomic mass is 16.5. The van der Waals surface area contributed by atoms with Crippen molar-refractivity contribution in [2.45, 2.75) is 19.4 Å². The number of aliphatic hydroxyl groups excluding tert-OH is 1. The molecular weight excluding hydrogens is 386 g/mol. The fourth-order valence-corrected chi connectivity index (χ4v) is 3.56. The lowest BCUT2D eigenvalue weighted by molar-refractivity contribution is -0.140. The van der Waals surface area contributed by atoms with E-state index in [2.05, 4.69) is 0 Å². The van der Waals surface area contributed by atoms with Crippen LogP contribution in [0.15, 0.2) is 54.1 Å². The van der Waals surface area contributed by atoms with Crippen LogP contribution in [0.4, 0.5) is 0 Å². The Hall–Kier alpha value is -3.32. The Bertz CT molecular complexity index is 953. The van der Waals surface area contributed by atoms with Crippen LogP contribution in [0.25, 0.3) is 5.76 Å². The number of nitrogens with zero attached hydrogens (tertiary/aromatic N) is 1. The number of aliphatic hydroxyl groups is 1. The van der Waals surface area contributed by atoms with Gasteiger partial charge in [-0.3, -0.25) is 9.59 Å². The number of ether oxygens (including phenoxy) is 2. The molecule has 7 heteroatoms. The number of amides is 1. The Labute approximate surface area is 175 Å². The maximum Gasteiger partial charge on any atom is 0.295 e. The molecule has 1 aliphatic heterocycles. The maximum atomic E-state index is 12.9. The molecule has 30 heavy (non-hydrogen) atoms. The Kier molecular flexibility index (Phi) is 6.74. The summed E-state index contributed by atoms with van der Waals surface area (Å²) in [4.78, 5) is 27.1. The second kappa shape index (κ2) is 9.45. The Morgan fingerprint density at radius 3 is 2.53 bits per heavy atom. The molecular formula is C23H25NO6. The van der Waals surface area contributed by atoms with Crippen LogP contribution in [-0.4, -0.2) is 53.7 Å². The number of Topliss-reactive ketones (excluding diaryl/α,β-unsaturated/α-hetero) is 1. The van der Waals surface area contributed by atoms with E-state index in [4.69, 9.17) is 9.47 Å². The minimum atomic E-state index is -0.804. The van der Waals surface area contributed by atoms with Gasteiger partial charge < -0.3 is 24.6 Å². The van der Waals surface area contributed by atoms with Gasteiger partial charge in [0.25, 0.3) is 11.7 Å². The second-order valence-electron chi connectivity index (χ2n) is 6.87. The fourth-order valence-electron chi connectivity index (χ4n) is 3.56. The van der Waals surface area contributed by atoms with E-state index in [0.29, 0.717) is 30.8 Å². The summed E-state index contributed by atoms with van der Waals surface area (Å²) in [6.45, 7) is 2.83. The number of hydrogen-bond acceptors (Lipinski definition) is 6. The molecule has 1 heterocycles. The molecule has 2 aromatic carbocycles. The zero-order chi connectivity index (χ0) is 21.7. The van der Waals surface area contributed by atoms with Crippen molar-refractivity contribution >= 4 is 17.4 Å². The molecule has 1 saturated heterocycles. The number of rotatable bonds is 8. The first kappa shape index (κ1) is 21.4. The molecule has 0 aliphatic carbocycles. The standard InChI is InChI=1S/C23H25NO6/c1-3-30-18-14-16(10-11-17(18)25)20-19(21(26)15-8-5-4-6-9-15)22(27)23(28)24(20)12-7-13-29-2/h4-6,8-11,14,20,25-26H,3,7,12-13H2,1-2H3/b21-19+/t20-/m0/s1. The molecule has 0 spiro atoms. The lowest BCUT2D eigenvalue weighted by Crippen LogP contribution is -2.31. The fraction of sp³-hybridized carbons (Fsp3) is 0.304. The van der Waals surface area contributed by atoms with Crippen molar-refractivity contribution in [2.24, 2.45) is 0 Å². The second-order valence-corrected chi connectivity index (χ2v) is 6.87. The summed E-state index contributed by atoms with van der Waals surface area (Å²) in [6.07, 6.45) is 0.530. The van der Waals surface area contributed by atoms with Gasteiger partial charge in [0.1, 0.15) is 5.76 Å². The van der Waals surface area contributed by atoms with Gasteiger partial charge in [-0.15, -0.1) is 0 Å². The molecule has 1 atom stereocenters. The van der Waals surface area contributed by atoms with Gasteiger partial charge >= 0.3 is 0 Å². The van der Waals surface area contributed by atoms with Gasteiger partial charge in [-0.05, 0) is 31.0 Å². The molecule has 3 rings (SSSR count). The largest absolute Gasteiger partial charge is 0.507 e. The highest BCUT2D eigenvalue weighted by Crippen LogP contribution is 2.41. The van der Waals surface area contributed by atoms with E-state index in [-0.39, 0.29) is 29.4 Å². The molecule has 1 fully saturated rings. The van der Waals surface area contributed by atoms with Crippen LogP contribution in [0.2, 0.25) is 0 Å². The highest BCUT2D eigenvalue weighted by molar-refractivity contribution is 6.46. The smallest absolute Gasteiger partial charge is 0.295 e. The Morgan fingerprint density at radius 1 is 1.13 bits per heavy atom. The average Bonchev–Trinajstić information content (AvgIpc) is 3.01. The summed E-state index contributed by atoms with van der Waals surface area (Å²) in [5, 5.41) is 21.0. The number of methoxy groups -OCH3 is 1. The molecule has 0 bridgehead atoms. The van der Waals surface area contributed by atoms with Gasteiger partial charge in [-0.25, -0.2) is 0 Å². The summed E-state index contributed by atoms with van der Waals surface area (Å²) in [5.41, 5.74) is 1.02. The van der Waals surface area contributed by atoms with E-state index >= 15 is 0 Å². The van der Waals surface area contributed by atoms with E-state index in [1.54, 1.807) is 56.5 Å². The van der Waals surface area contributed by atoms with Crippen LogP contribution in [0.1, 0.15) is 30.5 Å². The van der Waals surface area contributed by atoms with Crippen LogP contribution in [0.5, 0.6) is 11.5 Å². The van der Waals surface area contributed by atoms with Crippen LogP contribution < -0.4 is 4.74 Å². The van der Waals surface area contributed by atoms with Crippen LogP contribution in [0.3, 0.4) is 0 Å². The monoisotopic (exact) mass is 411 g/mol. The molecule has 0 aromatic heterocycles. The molecule has 0 unspecified atom stereocenters. The third-order valence-corrected chi connectivity index (χ3v) is 4.93. The van der Waals surface area contributed by atoms with Crippen molar-refractivity contribution in [3.8, 4) is 11.5 Å². The molecule has 1 aliphatic rings. The average molecular weight is 411 g/mol. The lowest BCUT2D eigenvalue weighted by atomic mass is 9.95. The van der Waals surface area contributed by atoms with E-state index in [1.165, 1.54) is 11.0 Å². The van der Waals surface area contributed by atoms with Gasteiger partial charge in [0.15, 0.2) is 11.5 Å². The summed E-state index contributed by atoms with van der Waals surface area (Å²) in [7, 11) is 1.56. The van der Waals surface area contributed by atoms with Gasteiger partial charge in [0, 0.05) is 25.8 Å². The summed E-state index contributed by atoms with van der Waals surface area (Å²) < 4.78 is 10.5. The molecule has 2 N–H and O–H groups in total. The van der Waals surface area contributed by atoms with Crippen molar-refractivity contribution in [3.63, 3.8) is 0 Å². The minimum Gasteiger partial charge on any atom is -0.507 e. The quantitative estimate of drug-likeness (QED) is 0.300. The number of phenols is 1. The molecule has 2 aromatic rings. The third kappa shape index (κ3) is 4.16. The van der Waals surface area contributed by atoms with Crippen LogP contribution >= 0.6 is 0 Å².